The molecule has 42 heavy (non-hydrogen) atoms. The van der Waals surface area contributed by atoms with E-state index in [0.29, 0.717) is 6.07 Å². The molecule has 1 atom stereocenters. The number of nitrogens with one attached hydrogen (secondary N) is 2. The van der Waals surface area contributed by atoms with Gasteiger partial charge < -0.3 is 15.6 Å². The van der Waals surface area contributed by atoms with Crippen molar-refractivity contribution < 1.29 is 41.8 Å². The zero-order chi connectivity index (χ0) is 30.5. The van der Waals surface area contributed by atoms with Crippen LogP contribution in [0.5, 0.6) is 5.75 Å². The molecule has 0 aliphatic carbocycles. The van der Waals surface area contributed by atoms with Crippen LogP contribution in [0.4, 0.5) is 39.0 Å². The zero-order valence-electron chi connectivity index (χ0n) is 22.0. The Morgan fingerprint density at radius 3 is 2.26 bits per heavy atom. The van der Waals surface area contributed by atoms with Gasteiger partial charge in [0.15, 0.2) is 0 Å². The van der Waals surface area contributed by atoms with Crippen LogP contribution < -0.4 is 15.8 Å². The summed E-state index contributed by atoms with van der Waals surface area (Å²) in [5, 5.41) is 20.1. The van der Waals surface area contributed by atoms with Gasteiger partial charge in [-0.05, 0) is 67.4 Å². The number of phenols is 1. The van der Waals surface area contributed by atoms with E-state index in [2.05, 4.69) is 10.9 Å². The number of carboxylic acid groups (broad SMARTS) is 1. The molecule has 1 heterocycles. The van der Waals surface area contributed by atoms with E-state index in [4.69, 9.17) is 0 Å². The van der Waals surface area contributed by atoms with Crippen LogP contribution in [0.2, 0.25) is 0 Å². The summed E-state index contributed by atoms with van der Waals surface area (Å²) in [6.45, 7) is 3.54. The van der Waals surface area contributed by atoms with E-state index in [1.54, 1.807) is 32.0 Å². The normalized spacial score (nSPS) is 14.7. The lowest BCUT2D eigenvalue weighted by Crippen LogP contribution is -2.36. The minimum atomic E-state index is -4.91. The van der Waals surface area contributed by atoms with Gasteiger partial charge in [-0.3, -0.25) is 9.69 Å². The largest absolute Gasteiger partial charge is 0.507 e. The minimum Gasteiger partial charge on any atom is -0.507 e. The van der Waals surface area contributed by atoms with Crippen molar-refractivity contribution in [3.05, 3.63) is 106 Å². The Bertz CT molecular complexity index is 1760. The van der Waals surface area contributed by atoms with Gasteiger partial charge in [-0.15, -0.1) is 0 Å². The lowest BCUT2D eigenvalue weighted by molar-refractivity contribution is -0.137. The van der Waals surface area contributed by atoms with Gasteiger partial charge in [-0.25, -0.2) is 19.0 Å². The third-order valence-electron chi connectivity index (χ3n) is 7.08. The van der Waals surface area contributed by atoms with Crippen molar-refractivity contribution in [1.82, 2.24) is 5.43 Å². The van der Waals surface area contributed by atoms with Gasteiger partial charge in [0.25, 0.3) is 5.91 Å². The molecule has 4 N–H and O–H groups in total. The first kappa shape index (κ1) is 28.6. The van der Waals surface area contributed by atoms with E-state index in [0.717, 1.165) is 22.1 Å². The summed E-state index contributed by atoms with van der Waals surface area (Å²) >= 11 is 0. The number of carbonyl (C=O) groups is 2. The van der Waals surface area contributed by atoms with Crippen molar-refractivity contribution in [2.45, 2.75) is 26.1 Å². The number of carbonyl (C=O) groups excluding carboxylic acids is 1. The highest BCUT2D eigenvalue weighted by Crippen LogP contribution is 2.46. The maximum atomic E-state index is 15.4. The third kappa shape index (κ3) is 4.90. The molecule has 0 aromatic heterocycles. The topological polar surface area (TPSA) is 102 Å². The summed E-state index contributed by atoms with van der Waals surface area (Å²) < 4.78 is 71.0. The monoisotopic (exact) mass is 583 g/mol. The van der Waals surface area contributed by atoms with Crippen LogP contribution in [-0.2, 0) is 11.0 Å². The fourth-order valence-corrected chi connectivity index (χ4v) is 4.86. The number of amides is 1. The van der Waals surface area contributed by atoms with E-state index < -0.39 is 58.1 Å². The number of hydrogen-bond donors (Lipinski definition) is 4. The highest BCUT2D eigenvalue weighted by molar-refractivity contribution is 6.10. The van der Waals surface area contributed by atoms with Crippen LogP contribution in [0.15, 0.2) is 66.7 Å². The van der Waals surface area contributed by atoms with E-state index >= 15 is 4.39 Å². The van der Waals surface area contributed by atoms with Crippen molar-refractivity contribution in [3.8, 4) is 16.9 Å². The van der Waals surface area contributed by atoms with Gasteiger partial charge in [0.1, 0.15) is 29.0 Å². The molecule has 216 valence electrons. The van der Waals surface area contributed by atoms with Gasteiger partial charge in [-0.2, -0.15) is 13.2 Å². The molecule has 0 saturated heterocycles. The molecule has 0 radical (unpaired) electrons. The fourth-order valence-electron chi connectivity index (χ4n) is 4.86. The molecule has 0 saturated carbocycles. The number of anilines is 3. The number of aromatic carboxylic acids is 1. The minimum absolute atomic E-state index is 0.0176. The third-order valence-corrected chi connectivity index (χ3v) is 7.08. The number of para-hydroxylation sites is 1. The molecule has 1 unspecified atom stereocenters. The van der Waals surface area contributed by atoms with E-state index in [1.807, 2.05) is 0 Å². The van der Waals surface area contributed by atoms with Crippen molar-refractivity contribution >= 4 is 28.9 Å². The SMILES string of the molecule is Cc1ccc(N2C(=O)C(NNc3c(-c4ccccc4O)ccc(F)c3C(=O)O)c3c(F)cc(C(F)(F)F)cc32)cc1C. The second-order valence-corrected chi connectivity index (χ2v) is 9.70. The van der Waals surface area contributed by atoms with Crippen molar-refractivity contribution in [2.24, 2.45) is 0 Å². The van der Waals surface area contributed by atoms with Crippen LogP contribution >= 0.6 is 0 Å². The smallest absolute Gasteiger partial charge is 0.416 e. The summed E-state index contributed by atoms with van der Waals surface area (Å²) in [5.74, 6) is -5.32. The molecular weight excluding hydrogens is 561 g/mol. The predicted octanol–water partition coefficient (Wildman–Crippen LogP) is 7.01. The number of carboxylic acids is 1. The van der Waals surface area contributed by atoms with E-state index in [9.17, 15) is 37.4 Å². The van der Waals surface area contributed by atoms with Gasteiger partial charge in [0, 0.05) is 22.4 Å². The second kappa shape index (κ2) is 10.5. The van der Waals surface area contributed by atoms with Gasteiger partial charge >= 0.3 is 12.1 Å². The highest BCUT2D eigenvalue weighted by atomic mass is 19.4. The number of hydrogen-bond acceptors (Lipinski definition) is 5. The first-order chi connectivity index (χ1) is 19.8. The van der Waals surface area contributed by atoms with Crippen LogP contribution in [0.25, 0.3) is 11.1 Å². The average Bonchev–Trinajstić information content (AvgIpc) is 3.20. The zero-order valence-corrected chi connectivity index (χ0v) is 22.0. The molecule has 1 amide bonds. The Balaban J connectivity index is 1.64. The molecule has 1 aliphatic heterocycles. The number of aryl methyl sites for hydroxylation is 2. The number of hydrazine groups is 1. The predicted molar refractivity (Wildman–Crippen MR) is 144 cm³/mol. The quantitative estimate of drug-likeness (QED) is 0.144. The van der Waals surface area contributed by atoms with Crippen LogP contribution in [0, 0.1) is 25.5 Å². The Kier molecular flexibility index (Phi) is 7.11. The molecule has 0 spiro atoms. The lowest BCUT2D eigenvalue weighted by atomic mass is 9.98. The Hall–Kier alpha value is -4.97. The number of halogens is 5. The number of aromatic hydroxyl groups is 1. The Labute approximate surface area is 235 Å². The molecule has 5 rings (SSSR count). The second-order valence-electron chi connectivity index (χ2n) is 9.70. The summed E-state index contributed by atoms with van der Waals surface area (Å²) in [6.07, 6.45) is -4.91. The molecule has 12 heteroatoms. The number of alkyl halides is 3. The number of rotatable bonds is 6. The van der Waals surface area contributed by atoms with Gasteiger partial charge in [0.2, 0.25) is 0 Å². The van der Waals surface area contributed by atoms with E-state index in [1.165, 1.54) is 30.3 Å². The van der Waals surface area contributed by atoms with Crippen LogP contribution in [0.1, 0.15) is 38.7 Å². The molecule has 1 aliphatic rings. The summed E-state index contributed by atoms with van der Waals surface area (Å²) in [5.41, 5.74) is 3.50. The average molecular weight is 584 g/mol. The van der Waals surface area contributed by atoms with Crippen LogP contribution in [-0.4, -0.2) is 22.1 Å². The lowest BCUT2D eigenvalue weighted by Gasteiger charge is -2.21. The maximum absolute atomic E-state index is 15.4. The first-order valence-electron chi connectivity index (χ1n) is 12.5. The van der Waals surface area contributed by atoms with E-state index in [-0.39, 0.29) is 34.3 Å². The van der Waals surface area contributed by atoms with Crippen LogP contribution in [0.3, 0.4) is 0 Å². The first-order valence-corrected chi connectivity index (χ1v) is 12.5. The standard InChI is InChI=1S/C30H22F5N3O4/c1-14-7-8-17(11-15(14)2)38-22-13-16(30(33,34)35)12-21(32)24(22)27(28(38)40)37-36-26-19(18-5-3-4-6-23(18)39)9-10-20(31)25(26)29(41)42/h3-13,27,36-37,39H,1-2H3,(H,41,42). The summed E-state index contributed by atoms with van der Waals surface area (Å²) in [6, 6.07) is 11.9. The van der Waals surface area contributed by atoms with Crippen molar-refractivity contribution in [1.29, 1.82) is 0 Å². The Morgan fingerprint density at radius 2 is 1.62 bits per heavy atom. The molecule has 0 bridgehead atoms. The molecule has 0 fully saturated rings. The molecular formula is C30H22F5N3O4. The fraction of sp³-hybridized carbons (Fsp3) is 0.133. The summed E-state index contributed by atoms with van der Waals surface area (Å²) in [4.78, 5) is 26.7. The number of nitrogens with zero attached hydrogens (tertiary/aromatic N) is 1. The maximum Gasteiger partial charge on any atom is 0.416 e. The molecule has 4 aromatic rings. The van der Waals surface area contributed by atoms with Crippen molar-refractivity contribution in [2.75, 3.05) is 10.3 Å². The molecule has 7 nitrogen and oxygen atoms in total. The van der Waals surface area contributed by atoms with Gasteiger partial charge in [0.05, 0.1) is 16.9 Å². The Morgan fingerprint density at radius 1 is 0.905 bits per heavy atom. The number of phenolic OH excluding ortho intramolecular Hbond substituents is 1. The molecule has 4 aromatic carbocycles. The summed E-state index contributed by atoms with van der Waals surface area (Å²) in [7, 11) is 0. The van der Waals surface area contributed by atoms with Crippen molar-refractivity contribution in [3.63, 3.8) is 0 Å². The highest BCUT2D eigenvalue weighted by Gasteiger charge is 2.44. The number of benzene rings is 4. The van der Waals surface area contributed by atoms with Gasteiger partial charge in [-0.1, -0.05) is 24.3 Å². The number of fused-ring (bicyclic) bond motifs is 1.